The maximum atomic E-state index is 11.9. The third-order valence-electron chi connectivity index (χ3n) is 4.92. The Morgan fingerprint density at radius 3 is 2.85 bits per heavy atom. The highest BCUT2D eigenvalue weighted by molar-refractivity contribution is 6.14. The van der Waals surface area contributed by atoms with E-state index in [9.17, 15) is 4.79 Å². The topological polar surface area (TPSA) is 156 Å². The van der Waals surface area contributed by atoms with E-state index < -0.39 is 0 Å². The summed E-state index contributed by atoms with van der Waals surface area (Å²) in [6.45, 7) is 0. The van der Waals surface area contributed by atoms with Gasteiger partial charge in [-0.15, -0.1) is 0 Å². The molecule has 138 valence electrons. The summed E-state index contributed by atoms with van der Waals surface area (Å²) in [6.07, 6.45) is 7.61. The van der Waals surface area contributed by atoms with Crippen LogP contribution in [0.1, 0.15) is 38.5 Å². The van der Waals surface area contributed by atoms with Crippen LogP contribution in [0.3, 0.4) is 0 Å². The van der Waals surface area contributed by atoms with E-state index >= 15 is 0 Å². The van der Waals surface area contributed by atoms with E-state index in [2.05, 4.69) is 15.7 Å². The first-order chi connectivity index (χ1) is 12.5. The summed E-state index contributed by atoms with van der Waals surface area (Å²) in [5.41, 5.74) is 13.9. The van der Waals surface area contributed by atoms with Crippen LogP contribution < -0.4 is 22.1 Å². The van der Waals surface area contributed by atoms with Gasteiger partial charge in [-0.3, -0.25) is 10.2 Å². The van der Waals surface area contributed by atoms with Gasteiger partial charge in [0.2, 0.25) is 5.91 Å². The second-order valence-electron chi connectivity index (χ2n) is 6.73. The minimum absolute atomic E-state index is 0.0122. The highest BCUT2D eigenvalue weighted by Gasteiger charge is 2.34. The third-order valence-corrected chi connectivity index (χ3v) is 4.92. The second kappa shape index (κ2) is 7.58. The molecule has 1 saturated carbocycles. The zero-order chi connectivity index (χ0) is 18.7. The van der Waals surface area contributed by atoms with Crippen LogP contribution >= 0.6 is 0 Å². The van der Waals surface area contributed by atoms with E-state index in [0.29, 0.717) is 12.0 Å². The molecule has 0 aromatic rings. The van der Waals surface area contributed by atoms with Crippen LogP contribution in [0.25, 0.3) is 0 Å². The van der Waals surface area contributed by atoms with E-state index in [1.54, 1.807) is 11.2 Å². The van der Waals surface area contributed by atoms with Crippen LogP contribution in [-0.2, 0) is 4.79 Å². The number of hydrogen-bond acceptors (Lipinski definition) is 7. The van der Waals surface area contributed by atoms with Gasteiger partial charge < -0.3 is 22.1 Å². The van der Waals surface area contributed by atoms with Gasteiger partial charge in [0.25, 0.3) is 0 Å². The highest BCUT2D eigenvalue weighted by atomic mass is 16.1. The summed E-state index contributed by atoms with van der Waals surface area (Å²) in [5.74, 6) is -0.334. The van der Waals surface area contributed by atoms with Gasteiger partial charge in [0.15, 0.2) is 0 Å². The van der Waals surface area contributed by atoms with Crippen LogP contribution in [-0.4, -0.2) is 41.2 Å². The third kappa shape index (κ3) is 3.55. The zero-order valence-corrected chi connectivity index (χ0v) is 14.5. The van der Waals surface area contributed by atoms with Gasteiger partial charge in [0.1, 0.15) is 18.4 Å². The van der Waals surface area contributed by atoms with E-state index in [1.165, 1.54) is 0 Å². The summed E-state index contributed by atoms with van der Waals surface area (Å²) in [5, 5.41) is 29.0. The Morgan fingerprint density at radius 2 is 2.15 bits per heavy atom. The molecule has 2 aliphatic heterocycles. The van der Waals surface area contributed by atoms with Gasteiger partial charge >= 0.3 is 0 Å². The van der Waals surface area contributed by atoms with E-state index in [-0.39, 0.29) is 36.4 Å². The molecule has 1 aliphatic carbocycles. The molecule has 9 heteroatoms. The zero-order valence-electron chi connectivity index (χ0n) is 14.5. The molecule has 3 rings (SSSR count). The molecule has 0 saturated heterocycles. The molecule has 0 bridgehead atoms. The lowest BCUT2D eigenvalue weighted by atomic mass is 9.89. The average molecular weight is 356 g/mol. The largest absolute Gasteiger partial charge is 0.384 e. The molecule has 1 amide bonds. The first-order valence-electron chi connectivity index (χ1n) is 8.82. The Morgan fingerprint density at radius 1 is 1.42 bits per heavy atom. The van der Waals surface area contributed by atoms with Gasteiger partial charge in [0, 0.05) is 18.5 Å². The van der Waals surface area contributed by atoms with E-state index in [0.717, 1.165) is 37.1 Å². The standard InChI is InChI=1S/C17H24N8O/c18-8-7-15(26)23-11-3-1-2-4-12(11)24-16-10(17(20)21)9-22-25-13(16)5-6-14(25)19/h5,9,11-12,14,24H,1-4,6-7,19H2,(H3,20,21)(H,23,26)/t11-,12-,14?/m0/s1. The van der Waals surface area contributed by atoms with Crippen molar-refractivity contribution in [2.75, 3.05) is 0 Å². The fourth-order valence-corrected chi connectivity index (χ4v) is 3.64. The normalized spacial score (nSPS) is 27.5. The van der Waals surface area contributed by atoms with Gasteiger partial charge in [0.05, 0.1) is 29.3 Å². The molecule has 2 heterocycles. The van der Waals surface area contributed by atoms with Crippen molar-refractivity contribution in [2.24, 2.45) is 16.6 Å². The van der Waals surface area contributed by atoms with E-state index in [1.807, 2.05) is 12.1 Å². The Kier molecular flexibility index (Phi) is 5.23. The fraction of sp³-hybridized carbons (Fsp3) is 0.529. The molecular formula is C17H24N8O. The Hall–Kier alpha value is -2.86. The molecule has 26 heavy (non-hydrogen) atoms. The molecule has 9 nitrogen and oxygen atoms in total. The van der Waals surface area contributed by atoms with Crippen LogP contribution in [0.4, 0.5) is 0 Å². The summed E-state index contributed by atoms with van der Waals surface area (Å²) < 4.78 is 0. The van der Waals surface area contributed by atoms with Crippen LogP contribution in [0.5, 0.6) is 0 Å². The molecule has 3 aliphatic rings. The number of hydrogen-bond donors (Lipinski definition) is 5. The number of carbonyl (C=O) groups is 1. The molecular weight excluding hydrogens is 332 g/mol. The molecule has 0 radical (unpaired) electrons. The summed E-state index contributed by atoms with van der Waals surface area (Å²) in [6, 6.07) is 1.79. The first-order valence-corrected chi connectivity index (χ1v) is 8.82. The first kappa shape index (κ1) is 17.9. The minimum atomic E-state index is -0.263. The number of amides is 1. The summed E-state index contributed by atoms with van der Waals surface area (Å²) in [4.78, 5) is 11.9. The quantitative estimate of drug-likeness (QED) is 0.344. The smallest absolute Gasteiger partial charge is 0.234 e. The van der Waals surface area contributed by atoms with Gasteiger partial charge in [-0.25, -0.2) is 5.01 Å². The molecule has 0 spiro atoms. The second-order valence-corrected chi connectivity index (χ2v) is 6.73. The predicted octanol–water partition coefficient (Wildman–Crippen LogP) is -0.0190. The molecule has 1 fully saturated rings. The van der Waals surface area contributed by atoms with Crippen molar-refractivity contribution >= 4 is 18.0 Å². The molecule has 1 unspecified atom stereocenters. The SMILES string of the molecule is N#CCC(=O)N[C@H]1CCCC[C@@H]1NC1=C(C(=N)N)C=NN2C1=CCC2N. The van der Waals surface area contributed by atoms with Crippen LogP contribution in [0.2, 0.25) is 0 Å². The predicted molar refractivity (Wildman–Crippen MR) is 97.5 cm³/mol. The lowest BCUT2D eigenvalue weighted by molar-refractivity contribution is -0.121. The summed E-state index contributed by atoms with van der Waals surface area (Å²) in [7, 11) is 0. The number of rotatable bonds is 5. The van der Waals surface area contributed by atoms with Crippen molar-refractivity contribution in [3.8, 4) is 6.07 Å². The highest BCUT2D eigenvalue weighted by Crippen LogP contribution is 2.31. The monoisotopic (exact) mass is 356 g/mol. The van der Waals surface area contributed by atoms with Crippen molar-refractivity contribution in [2.45, 2.75) is 56.8 Å². The molecule has 0 aromatic carbocycles. The number of hydrazone groups is 1. The molecule has 3 atom stereocenters. The van der Waals surface area contributed by atoms with Crippen LogP contribution in [0, 0.1) is 16.7 Å². The van der Waals surface area contributed by atoms with Gasteiger partial charge in [-0.2, -0.15) is 10.4 Å². The number of fused-ring (bicyclic) bond motifs is 1. The number of carbonyl (C=O) groups excluding carboxylic acids is 1. The van der Waals surface area contributed by atoms with Crippen molar-refractivity contribution in [3.63, 3.8) is 0 Å². The number of nitriles is 1. The average Bonchev–Trinajstić information content (AvgIpc) is 2.98. The number of nitrogens with two attached hydrogens (primary N) is 2. The van der Waals surface area contributed by atoms with Crippen molar-refractivity contribution in [3.05, 3.63) is 23.0 Å². The Bertz CT molecular complexity index is 732. The van der Waals surface area contributed by atoms with Crippen LogP contribution in [0.15, 0.2) is 28.1 Å². The maximum Gasteiger partial charge on any atom is 0.234 e. The lowest BCUT2D eigenvalue weighted by Gasteiger charge is -2.36. The van der Waals surface area contributed by atoms with E-state index in [4.69, 9.17) is 22.1 Å². The fourth-order valence-electron chi connectivity index (χ4n) is 3.64. The number of amidine groups is 1. The lowest BCUT2D eigenvalue weighted by Crippen LogP contribution is -2.52. The summed E-state index contributed by atoms with van der Waals surface area (Å²) >= 11 is 0. The molecule has 0 aromatic heterocycles. The number of nitrogens with one attached hydrogen (secondary N) is 3. The van der Waals surface area contributed by atoms with Crippen molar-refractivity contribution in [1.29, 1.82) is 10.7 Å². The minimum Gasteiger partial charge on any atom is -0.384 e. The van der Waals surface area contributed by atoms with Gasteiger partial charge in [-0.05, 0) is 12.8 Å². The Labute approximate surface area is 152 Å². The Balaban J connectivity index is 1.83. The van der Waals surface area contributed by atoms with Crippen molar-refractivity contribution in [1.82, 2.24) is 15.6 Å². The van der Waals surface area contributed by atoms with Crippen molar-refractivity contribution < 1.29 is 4.79 Å². The van der Waals surface area contributed by atoms with Gasteiger partial charge in [-0.1, -0.05) is 18.9 Å². The maximum absolute atomic E-state index is 11.9. The molecule has 7 N–H and O–H groups in total. The number of nitrogens with zero attached hydrogens (tertiary/aromatic N) is 3.